The van der Waals surface area contributed by atoms with Crippen LogP contribution in [0.25, 0.3) is 0 Å². The van der Waals surface area contributed by atoms with E-state index in [1.807, 2.05) is 30.3 Å². The van der Waals surface area contributed by atoms with Crippen molar-refractivity contribution >= 4 is 17.8 Å². The Balaban J connectivity index is 1.95. The molecule has 1 N–H and O–H groups in total. The minimum atomic E-state index is -0.755. The van der Waals surface area contributed by atoms with E-state index in [4.69, 9.17) is 0 Å². The van der Waals surface area contributed by atoms with Gasteiger partial charge in [0.1, 0.15) is 0 Å². The van der Waals surface area contributed by atoms with Crippen LogP contribution in [0.4, 0.5) is 5.95 Å². The number of likely N-dealkylation sites (N-methyl/N-ethyl adjacent to an activating group) is 1. The number of hydrogen-bond donors (Lipinski definition) is 1. The van der Waals surface area contributed by atoms with E-state index in [0.717, 1.165) is 5.56 Å². The number of carbonyl (C=O) groups is 2. The maximum Gasteiger partial charge on any atom is 0.316 e. The van der Waals surface area contributed by atoms with Gasteiger partial charge in [0.25, 0.3) is 0 Å². The Morgan fingerprint density at radius 2 is 1.75 bits per heavy atom. The molecule has 2 aromatic rings. The minimum Gasteiger partial charge on any atom is -0.333 e. The lowest BCUT2D eigenvalue weighted by molar-refractivity contribution is -0.142. The lowest BCUT2D eigenvalue weighted by atomic mass is 10.2. The predicted molar refractivity (Wildman–Crippen MR) is 73.6 cm³/mol. The summed E-state index contributed by atoms with van der Waals surface area (Å²) >= 11 is 0. The molecule has 0 aliphatic rings. The Kier molecular flexibility index (Phi) is 4.39. The maximum absolute atomic E-state index is 11.9. The summed E-state index contributed by atoms with van der Waals surface area (Å²) in [5.41, 5.74) is 0.951. The second-order valence-electron chi connectivity index (χ2n) is 4.17. The van der Waals surface area contributed by atoms with Crippen molar-refractivity contribution in [3.8, 4) is 0 Å². The number of benzene rings is 1. The highest BCUT2D eigenvalue weighted by Crippen LogP contribution is 2.03. The molecule has 0 fully saturated rings. The molecule has 0 aliphatic heterocycles. The first-order chi connectivity index (χ1) is 9.66. The first-order valence-corrected chi connectivity index (χ1v) is 6.04. The minimum absolute atomic E-state index is 0.110. The van der Waals surface area contributed by atoms with Gasteiger partial charge in [-0.3, -0.25) is 14.9 Å². The maximum atomic E-state index is 11.9. The van der Waals surface area contributed by atoms with Crippen LogP contribution in [0.1, 0.15) is 5.56 Å². The highest BCUT2D eigenvalue weighted by Gasteiger charge is 2.19. The summed E-state index contributed by atoms with van der Waals surface area (Å²) in [7, 11) is 1.57. The van der Waals surface area contributed by atoms with Crippen molar-refractivity contribution in [1.82, 2.24) is 14.9 Å². The summed E-state index contributed by atoms with van der Waals surface area (Å²) in [6.07, 6.45) is 2.97. The molecule has 0 atom stereocenters. The topological polar surface area (TPSA) is 75.2 Å². The molecule has 2 rings (SSSR count). The molecule has 0 radical (unpaired) electrons. The standard InChI is InChI=1S/C14H14N4O2/c1-18(10-11-6-3-2-4-7-11)13(20)12(19)17-14-15-8-5-9-16-14/h2-9H,10H2,1H3,(H,15,16,17,19). The van der Waals surface area contributed by atoms with Gasteiger partial charge in [-0.15, -0.1) is 0 Å². The molecule has 2 amide bonds. The zero-order valence-electron chi connectivity index (χ0n) is 11.0. The van der Waals surface area contributed by atoms with Crippen molar-refractivity contribution in [3.63, 3.8) is 0 Å². The Bertz CT molecular complexity index is 587. The lowest BCUT2D eigenvalue weighted by Gasteiger charge is -2.16. The molecular formula is C14H14N4O2. The summed E-state index contributed by atoms with van der Waals surface area (Å²) in [5, 5.41) is 2.36. The fraction of sp³-hybridized carbons (Fsp3) is 0.143. The Labute approximate surface area is 116 Å². The van der Waals surface area contributed by atoms with Crippen LogP contribution in [-0.4, -0.2) is 33.7 Å². The molecule has 0 saturated carbocycles. The molecule has 0 aliphatic carbocycles. The molecule has 0 saturated heterocycles. The number of nitrogens with one attached hydrogen (secondary N) is 1. The molecule has 0 unspecified atom stereocenters. The SMILES string of the molecule is CN(Cc1ccccc1)C(=O)C(=O)Nc1ncccn1. The van der Waals surface area contributed by atoms with Crippen LogP contribution >= 0.6 is 0 Å². The van der Waals surface area contributed by atoms with Crippen molar-refractivity contribution in [2.24, 2.45) is 0 Å². The van der Waals surface area contributed by atoms with Crippen LogP contribution in [0.2, 0.25) is 0 Å². The number of nitrogens with zero attached hydrogens (tertiary/aromatic N) is 3. The number of hydrogen-bond acceptors (Lipinski definition) is 4. The van der Waals surface area contributed by atoms with Crippen molar-refractivity contribution in [1.29, 1.82) is 0 Å². The average molecular weight is 270 g/mol. The van der Waals surface area contributed by atoms with Gasteiger partial charge in [0.2, 0.25) is 5.95 Å². The van der Waals surface area contributed by atoms with Crippen LogP contribution in [0, 0.1) is 0 Å². The summed E-state index contributed by atoms with van der Waals surface area (Å²) in [6.45, 7) is 0.364. The smallest absolute Gasteiger partial charge is 0.316 e. The van der Waals surface area contributed by atoms with E-state index in [-0.39, 0.29) is 5.95 Å². The first-order valence-electron chi connectivity index (χ1n) is 6.04. The molecule has 6 nitrogen and oxygen atoms in total. The lowest BCUT2D eigenvalue weighted by Crippen LogP contribution is -2.37. The number of amides is 2. The molecule has 6 heteroatoms. The van der Waals surface area contributed by atoms with Gasteiger partial charge in [-0.2, -0.15) is 0 Å². The van der Waals surface area contributed by atoms with Gasteiger partial charge in [-0.25, -0.2) is 9.97 Å². The van der Waals surface area contributed by atoms with Crippen LogP contribution in [-0.2, 0) is 16.1 Å². The van der Waals surface area contributed by atoms with Crippen LogP contribution < -0.4 is 5.32 Å². The third-order valence-electron chi connectivity index (χ3n) is 2.59. The van der Waals surface area contributed by atoms with Gasteiger partial charge >= 0.3 is 11.8 Å². The molecule has 0 bridgehead atoms. The van der Waals surface area contributed by atoms with Crippen molar-refractivity contribution in [2.45, 2.75) is 6.54 Å². The van der Waals surface area contributed by atoms with E-state index >= 15 is 0 Å². The Morgan fingerprint density at radius 1 is 1.10 bits per heavy atom. The van der Waals surface area contributed by atoms with Gasteiger partial charge in [-0.05, 0) is 11.6 Å². The number of aromatic nitrogens is 2. The van der Waals surface area contributed by atoms with E-state index in [1.54, 1.807) is 13.1 Å². The fourth-order valence-electron chi connectivity index (χ4n) is 1.62. The molecule has 1 aromatic heterocycles. The molecule has 0 spiro atoms. The van der Waals surface area contributed by atoms with E-state index < -0.39 is 11.8 Å². The molecule has 102 valence electrons. The third kappa shape index (κ3) is 3.61. The number of carbonyl (C=O) groups excluding carboxylic acids is 2. The van der Waals surface area contributed by atoms with E-state index in [9.17, 15) is 9.59 Å². The van der Waals surface area contributed by atoms with Crippen molar-refractivity contribution < 1.29 is 9.59 Å². The van der Waals surface area contributed by atoms with Crippen molar-refractivity contribution in [2.75, 3.05) is 12.4 Å². The fourth-order valence-corrected chi connectivity index (χ4v) is 1.62. The van der Waals surface area contributed by atoms with E-state index in [1.165, 1.54) is 17.3 Å². The Morgan fingerprint density at radius 3 is 2.40 bits per heavy atom. The monoisotopic (exact) mass is 270 g/mol. The van der Waals surface area contributed by atoms with Crippen LogP contribution in [0.15, 0.2) is 48.8 Å². The molecule has 20 heavy (non-hydrogen) atoms. The zero-order chi connectivity index (χ0) is 14.4. The summed E-state index contributed by atoms with van der Waals surface area (Å²) in [5.74, 6) is -1.28. The van der Waals surface area contributed by atoms with Gasteiger partial charge in [0.05, 0.1) is 0 Å². The summed E-state index contributed by atoms with van der Waals surface area (Å²) in [4.78, 5) is 32.7. The van der Waals surface area contributed by atoms with Gasteiger partial charge < -0.3 is 4.90 Å². The van der Waals surface area contributed by atoms with Gasteiger partial charge in [0, 0.05) is 26.0 Å². The average Bonchev–Trinajstić information content (AvgIpc) is 2.48. The van der Waals surface area contributed by atoms with Gasteiger partial charge in [0.15, 0.2) is 0 Å². The second kappa shape index (κ2) is 6.42. The first kappa shape index (κ1) is 13.7. The highest BCUT2D eigenvalue weighted by atomic mass is 16.2. The van der Waals surface area contributed by atoms with Crippen molar-refractivity contribution in [3.05, 3.63) is 54.4 Å². The summed E-state index contributed by atoms with van der Waals surface area (Å²) < 4.78 is 0. The highest BCUT2D eigenvalue weighted by molar-refractivity contribution is 6.39. The predicted octanol–water partition coefficient (Wildman–Crippen LogP) is 1.07. The molecule has 1 heterocycles. The van der Waals surface area contributed by atoms with E-state index in [0.29, 0.717) is 6.54 Å². The molecular weight excluding hydrogens is 256 g/mol. The summed E-state index contributed by atoms with van der Waals surface area (Å²) in [6, 6.07) is 11.1. The molecule has 1 aromatic carbocycles. The largest absolute Gasteiger partial charge is 0.333 e. The zero-order valence-corrected chi connectivity index (χ0v) is 11.0. The normalized spacial score (nSPS) is 9.85. The van der Waals surface area contributed by atoms with E-state index in [2.05, 4.69) is 15.3 Å². The van der Waals surface area contributed by atoms with Crippen LogP contribution in [0.5, 0.6) is 0 Å². The van der Waals surface area contributed by atoms with Gasteiger partial charge in [-0.1, -0.05) is 30.3 Å². The quantitative estimate of drug-likeness (QED) is 0.847. The van der Waals surface area contributed by atoms with Crippen LogP contribution in [0.3, 0.4) is 0 Å². The number of rotatable bonds is 3. The second-order valence-corrected chi connectivity index (χ2v) is 4.17. The third-order valence-corrected chi connectivity index (χ3v) is 2.59. The number of anilines is 1. The Hall–Kier alpha value is -2.76.